The second-order valence-electron chi connectivity index (χ2n) is 5.48. The fourth-order valence-corrected chi connectivity index (χ4v) is 2.62. The molecule has 1 aromatic carbocycles. The van der Waals surface area contributed by atoms with E-state index in [1.807, 2.05) is 32.0 Å². The Labute approximate surface area is 135 Å². The van der Waals surface area contributed by atoms with Gasteiger partial charge in [0.25, 0.3) is 5.91 Å². The first-order valence-electron chi connectivity index (χ1n) is 7.63. The molecule has 5 nitrogen and oxygen atoms in total. The minimum absolute atomic E-state index is 0.0424. The van der Waals surface area contributed by atoms with Gasteiger partial charge in [-0.25, -0.2) is 4.79 Å². The van der Waals surface area contributed by atoms with Crippen LogP contribution in [0.25, 0.3) is 0 Å². The number of aryl methyl sites for hydroxylation is 3. The summed E-state index contributed by atoms with van der Waals surface area (Å²) in [6, 6.07) is 7.39. The van der Waals surface area contributed by atoms with Gasteiger partial charge in [0.05, 0.1) is 0 Å². The van der Waals surface area contributed by atoms with Crippen molar-refractivity contribution in [3.05, 3.63) is 58.0 Å². The van der Waals surface area contributed by atoms with Crippen LogP contribution in [0.4, 0.5) is 0 Å². The number of carbonyl (C=O) groups is 2. The molecule has 0 saturated carbocycles. The first-order chi connectivity index (χ1) is 10.9. The highest BCUT2D eigenvalue weighted by atomic mass is 16.4. The molecule has 2 rings (SSSR count). The standard InChI is InChI=1S/C18H21NO4/c1-4-15-14(18(21)22)10-16(23-15)17(20)19-9-8-13-11(2)6-5-7-12(13)3/h5-7,10H,4,8-9H2,1-3H3,(H,19,20)(H,21,22). The van der Waals surface area contributed by atoms with E-state index in [4.69, 9.17) is 9.52 Å². The third-order valence-corrected chi connectivity index (χ3v) is 3.89. The van der Waals surface area contributed by atoms with Gasteiger partial charge < -0.3 is 14.8 Å². The van der Waals surface area contributed by atoms with E-state index in [0.29, 0.717) is 18.7 Å². The van der Waals surface area contributed by atoms with E-state index in [2.05, 4.69) is 5.32 Å². The molecule has 23 heavy (non-hydrogen) atoms. The molecule has 1 amide bonds. The van der Waals surface area contributed by atoms with Crippen molar-refractivity contribution in [1.82, 2.24) is 5.32 Å². The lowest BCUT2D eigenvalue weighted by Crippen LogP contribution is -2.25. The normalized spacial score (nSPS) is 10.6. The summed E-state index contributed by atoms with van der Waals surface area (Å²) in [5, 5.41) is 11.9. The third kappa shape index (κ3) is 3.80. The van der Waals surface area contributed by atoms with E-state index in [0.717, 1.165) is 6.42 Å². The van der Waals surface area contributed by atoms with Crippen molar-refractivity contribution in [1.29, 1.82) is 0 Å². The number of furan rings is 1. The van der Waals surface area contributed by atoms with Crippen molar-refractivity contribution in [2.24, 2.45) is 0 Å². The maximum absolute atomic E-state index is 12.1. The number of carbonyl (C=O) groups excluding carboxylic acids is 1. The molecule has 1 aromatic heterocycles. The molecule has 0 aliphatic carbocycles. The van der Waals surface area contributed by atoms with E-state index in [1.165, 1.54) is 22.8 Å². The number of carboxylic acids is 1. The lowest BCUT2D eigenvalue weighted by molar-refractivity contribution is 0.0694. The molecule has 2 aromatic rings. The van der Waals surface area contributed by atoms with Crippen molar-refractivity contribution in [2.45, 2.75) is 33.6 Å². The number of aromatic carboxylic acids is 1. The van der Waals surface area contributed by atoms with Gasteiger partial charge in [0.15, 0.2) is 5.76 Å². The van der Waals surface area contributed by atoms with Crippen LogP contribution in [0.2, 0.25) is 0 Å². The highest BCUT2D eigenvalue weighted by molar-refractivity contribution is 5.96. The Morgan fingerprint density at radius 1 is 1.22 bits per heavy atom. The summed E-state index contributed by atoms with van der Waals surface area (Å²) in [5.41, 5.74) is 3.65. The summed E-state index contributed by atoms with van der Waals surface area (Å²) in [6.45, 7) is 6.34. The lowest BCUT2D eigenvalue weighted by Gasteiger charge is -2.09. The number of carboxylic acid groups (broad SMARTS) is 1. The molecule has 0 fully saturated rings. The van der Waals surface area contributed by atoms with Gasteiger partial charge >= 0.3 is 5.97 Å². The summed E-state index contributed by atoms with van der Waals surface area (Å²) in [7, 11) is 0. The molecule has 122 valence electrons. The second-order valence-corrected chi connectivity index (χ2v) is 5.48. The maximum atomic E-state index is 12.1. The summed E-state index contributed by atoms with van der Waals surface area (Å²) >= 11 is 0. The Bertz CT molecular complexity index is 710. The van der Waals surface area contributed by atoms with E-state index >= 15 is 0 Å². The average molecular weight is 315 g/mol. The zero-order valence-electron chi connectivity index (χ0n) is 13.6. The molecule has 0 aliphatic rings. The largest absolute Gasteiger partial charge is 0.478 e. The third-order valence-electron chi connectivity index (χ3n) is 3.89. The van der Waals surface area contributed by atoms with Crippen LogP contribution in [-0.2, 0) is 12.8 Å². The minimum atomic E-state index is -1.08. The molecule has 5 heteroatoms. The van der Waals surface area contributed by atoms with Crippen LogP contribution in [0.15, 0.2) is 28.7 Å². The molecule has 0 atom stereocenters. The van der Waals surface area contributed by atoms with Crippen molar-refractivity contribution >= 4 is 11.9 Å². The van der Waals surface area contributed by atoms with Crippen LogP contribution in [0.5, 0.6) is 0 Å². The van der Waals surface area contributed by atoms with Crippen LogP contribution >= 0.6 is 0 Å². The van der Waals surface area contributed by atoms with Gasteiger partial charge in [-0.2, -0.15) is 0 Å². The number of rotatable bonds is 6. The molecule has 0 saturated heterocycles. The Hall–Kier alpha value is -2.56. The van der Waals surface area contributed by atoms with Crippen molar-refractivity contribution in [3.63, 3.8) is 0 Å². The van der Waals surface area contributed by atoms with Crippen molar-refractivity contribution < 1.29 is 19.1 Å². The second kappa shape index (κ2) is 7.13. The molecule has 2 N–H and O–H groups in total. The smallest absolute Gasteiger partial charge is 0.339 e. The summed E-state index contributed by atoms with van der Waals surface area (Å²) in [5.74, 6) is -1.11. The molecule has 0 unspecified atom stereocenters. The van der Waals surface area contributed by atoms with Crippen molar-refractivity contribution in [2.75, 3.05) is 6.54 Å². The summed E-state index contributed by atoms with van der Waals surface area (Å²) in [4.78, 5) is 23.2. The summed E-state index contributed by atoms with van der Waals surface area (Å²) < 4.78 is 5.34. The number of hydrogen-bond donors (Lipinski definition) is 2. The molecule has 0 radical (unpaired) electrons. The SMILES string of the molecule is CCc1oc(C(=O)NCCc2c(C)cccc2C)cc1C(=O)O. The average Bonchev–Trinajstić information content (AvgIpc) is 2.94. The predicted molar refractivity (Wildman–Crippen MR) is 87.0 cm³/mol. The Kier molecular flexibility index (Phi) is 5.21. The van der Waals surface area contributed by atoms with Crippen molar-refractivity contribution in [3.8, 4) is 0 Å². The Morgan fingerprint density at radius 2 is 1.87 bits per heavy atom. The van der Waals surface area contributed by atoms with E-state index in [1.54, 1.807) is 6.92 Å². The van der Waals surface area contributed by atoms with Gasteiger partial charge in [0.1, 0.15) is 11.3 Å². The fourth-order valence-electron chi connectivity index (χ4n) is 2.62. The number of nitrogens with one attached hydrogen (secondary N) is 1. The first kappa shape index (κ1) is 16.8. The van der Waals surface area contributed by atoms with Gasteiger partial charge in [-0.1, -0.05) is 25.1 Å². The van der Waals surface area contributed by atoms with Crippen LogP contribution in [0.1, 0.15) is 50.3 Å². The van der Waals surface area contributed by atoms with E-state index in [-0.39, 0.29) is 11.3 Å². The van der Waals surface area contributed by atoms with Gasteiger partial charge in [-0.05, 0) is 37.0 Å². The van der Waals surface area contributed by atoms with E-state index < -0.39 is 11.9 Å². The van der Waals surface area contributed by atoms with Gasteiger partial charge in [-0.3, -0.25) is 4.79 Å². The van der Waals surface area contributed by atoms with Crippen LogP contribution in [0.3, 0.4) is 0 Å². The minimum Gasteiger partial charge on any atom is -0.478 e. The maximum Gasteiger partial charge on any atom is 0.339 e. The Balaban J connectivity index is 2.02. The number of amides is 1. The highest BCUT2D eigenvalue weighted by Crippen LogP contribution is 2.17. The molecule has 0 aliphatic heterocycles. The zero-order valence-corrected chi connectivity index (χ0v) is 13.6. The van der Waals surface area contributed by atoms with E-state index in [9.17, 15) is 9.59 Å². The predicted octanol–water partition coefficient (Wildman–Crippen LogP) is 3.13. The van der Waals surface area contributed by atoms with Crippen LogP contribution in [0, 0.1) is 13.8 Å². The summed E-state index contributed by atoms with van der Waals surface area (Å²) in [6.07, 6.45) is 1.15. The quantitative estimate of drug-likeness (QED) is 0.858. The lowest BCUT2D eigenvalue weighted by atomic mass is 10.0. The first-order valence-corrected chi connectivity index (χ1v) is 7.63. The van der Waals surface area contributed by atoms with Crippen LogP contribution in [-0.4, -0.2) is 23.5 Å². The van der Waals surface area contributed by atoms with Gasteiger partial charge in [-0.15, -0.1) is 0 Å². The Morgan fingerprint density at radius 3 is 2.39 bits per heavy atom. The monoisotopic (exact) mass is 315 g/mol. The molecule has 1 heterocycles. The molecular weight excluding hydrogens is 294 g/mol. The number of benzene rings is 1. The van der Waals surface area contributed by atoms with Gasteiger partial charge in [0.2, 0.25) is 0 Å². The zero-order chi connectivity index (χ0) is 17.0. The van der Waals surface area contributed by atoms with Crippen LogP contribution < -0.4 is 5.32 Å². The highest BCUT2D eigenvalue weighted by Gasteiger charge is 2.19. The molecule has 0 spiro atoms. The topological polar surface area (TPSA) is 79.5 Å². The molecular formula is C18H21NO4. The fraction of sp³-hybridized carbons (Fsp3) is 0.333. The van der Waals surface area contributed by atoms with Gasteiger partial charge in [0, 0.05) is 19.0 Å². The molecule has 0 bridgehead atoms. The number of hydrogen-bond acceptors (Lipinski definition) is 3.